The summed E-state index contributed by atoms with van der Waals surface area (Å²) in [6.07, 6.45) is 2.00. The van der Waals surface area contributed by atoms with Gasteiger partial charge in [-0.2, -0.15) is 0 Å². The van der Waals surface area contributed by atoms with E-state index >= 15 is 0 Å². The maximum Gasteiger partial charge on any atom is 0.212 e. The van der Waals surface area contributed by atoms with Crippen molar-refractivity contribution < 1.29 is 9.18 Å². The van der Waals surface area contributed by atoms with E-state index in [1.807, 2.05) is 18.2 Å². The Hall–Kier alpha value is -2.99. The number of nitrogens with zero attached hydrogens (tertiary/aromatic N) is 2. The smallest absolute Gasteiger partial charge is 0.212 e. The molecule has 0 aliphatic rings. The minimum absolute atomic E-state index is 0.278. The number of amides is 1. The Morgan fingerprint density at radius 3 is 2.76 bits per heavy atom. The molecule has 1 amide bonds. The van der Waals surface area contributed by atoms with Crippen LogP contribution in [0.1, 0.15) is 5.56 Å². The van der Waals surface area contributed by atoms with Crippen LogP contribution in [0.5, 0.6) is 0 Å². The molecule has 0 aliphatic carbocycles. The number of pyridine rings is 2. The average molecular weight is 357 g/mol. The summed E-state index contributed by atoms with van der Waals surface area (Å²) in [7, 11) is 0. The number of nitrogens with one attached hydrogen (secondary N) is 2. The van der Waals surface area contributed by atoms with Gasteiger partial charge in [0.05, 0.1) is 10.7 Å². The third kappa shape index (κ3) is 4.30. The quantitative estimate of drug-likeness (QED) is 0.652. The Morgan fingerprint density at radius 2 is 1.96 bits per heavy atom. The lowest BCUT2D eigenvalue weighted by atomic mass is 10.1. The van der Waals surface area contributed by atoms with Crippen LogP contribution in [-0.4, -0.2) is 16.4 Å². The highest BCUT2D eigenvalue weighted by molar-refractivity contribution is 6.33. The molecule has 0 saturated heterocycles. The van der Waals surface area contributed by atoms with Gasteiger partial charge in [-0.3, -0.25) is 4.79 Å². The van der Waals surface area contributed by atoms with E-state index in [0.717, 1.165) is 5.56 Å². The molecule has 126 valence electrons. The summed E-state index contributed by atoms with van der Waals surface area (Å²) in [5.41, 5.74) is 2.09. The fourth-order valence-corrected chi connectivity index (χ4v) is 2.50. The molecule has 0 radical (unpaired) electrons. The predicted molar refractivity (Wildman–Crippen MR) is 95.9 cm³/mol. The Kier molecular flexibility index (Phi) is 5.20. The predicted octanol–water partition coefficient (Wildman–Crippen LogP) is 4.12. The van der Waals surface area contributed by atoms with Gasteiger partial charge in [-0.25, -0.2) is 14.4 Å². The van der Waals surface area contributed by atoms with Crippen molar-refractivity contribution in [2.75, 3.05) is 10.6 Å². The molecule has 0 bridgehead atoms. The molecule has 0 aliphatic heterocycles. The van der Waals surface area contributed by atoms with Crippen LogP contribution >= 0.6 is 11.6 Å². The van der Waals surface area contributed by atoms with Crippen LogP contribution in [0.3, 0.4) is 0 Å². The van der Waals surface area contributed by atoms with Crippen molar-refractivity contribution >= 4 is 29.6 Å². The summed E-state index contributed by atoms with van der Waals surface area (Å²) in [4.78, 5) is 19.1. The Balaban J connectivity index is 1.82. The fraction of sp³-hybridized carbons (Fsp3) is 0.0556. The SMILES string of the molecule is O=CNc1cc(-c2cccc(NCc3cccc(F)c3)n2)c(Cl)cn1. The van der Waals surface area contributed by atoms with E-state index in [0.29, 0.717) is 40.9 Å². The molecule has 25 heavy (non-hydrogen) atoms. The Labute approximate surface area is 148 Å². The largest absolute Gasteiger partial charge is 0.366 e. The fourth-order valence-electron chi connectivity index (χ4n) is 2.30. The van der Waals surface area contributed by atoms with Crippen molar-refractivity contribution in [3.05, 3.63) is 71.1 Å². The van der Waals surface area contributed by atoms with Gasteiger partial charge in [0.15, 0.2) is 0 Å². The second-order valence-electron chi connectivity index (χ2n) is 5.20. The summed E-state index contributed by atoms with van der Waals surface area (Å²) in [6.45, 7) is 0.441. The van der Waals surface area contributed by atoms with Crippen LogP contribution in [0.25, 0.3) is 11.3 Å². The van der Waals surface area contributed by atoms with Gasteiger partial charge < -0.3 is 10.6 Å². The average Bonchev–Trinajstić information content (AvgIpc) is 2.62. The third-order valence-electron chi connectivity index (χ3n) is 3.45. The first-order chi connectivity index (χ1) is 12.2. The highest BCUT2D eigenvalue weighted by Crippen LogP contribution is 2.28. The van der Waals surface area contributed by atoms with E-state index in [2.05, 4.69) is 20.6 Å². The number of hydrogen-bond acceptors (Lipinski definition) is 4. The number of hydrogen-bond donors (Lipinski definition) is 2. The lowest BCUT2D eigenvalue weighted by Crippen LogP contribution is -2.02. The van der Waals surface area contributed by atoms with Crippen molar-refractivity contribution in [2.45, 2.75) is 6.54 Å². The Morgan fingerprint density at radius 1 is 1.12 bits per heavy atom. The van der Waals surface area contributed by atoms with E-state index in [9.17, 15) is 9.18 Å². The first-order valence-corrected chi connectivity index (χ1v) is 7.85. The van der Waals surface area contributed by atoms with Crippen molar-refractivity contribution in [1.29, 1.82) is 0 Å². The van der Waals surface area contributed by atoms with Gasteiger partial charge in [0.1, 0.15) is 17.5 Å². The second-order valence-corrected chi connectivity index (χ2v) is 5.61. The van der Waals surface area contributed by atoms with Crippen LogP contribution in [-0.2, 0) is 11.3 Å². The molecular formula is C18H14ClFN4O. The third-order valence-corrected chi connectivity index (χ3v) is 3.75. The molecule has 0 atom stereocenters. The van der Waals surface area contributed by atoms with E-state index in [-0.39, 0.29) is 5.82 Å². The van der Waals surface area contributed by atoms with Gasteiger partial charge in [0, 0.05) is 18.3 Å². The number of carbonyl (C=O) groups excluding carboxylic acids is 1. The summed E-state index contributed by atoms with van der Waals surface area (Å²) in [5.74, 6) is 0.730. The van der Waals surface area contributed by atoms with Gasteiger partial charge >= 0.3 is 0 Å². The highest BCUT2D eigenvalue weighted by atomic mass is 35.5. The van der Waals surface area contributed by atoms with E-state index < -0.39 is 0 Å². The van der Waals surface area contributed by atoms with Gasteiger partial charge in [0.25, 0.3) is 0 Å². The van der Waals surface area contributed by atoms with Crippen LogP contribution in [0.2, 0.25) is 5.02 Å². The maximum absolute atomic E-state index is 13.2. The number of aromatic nitrogens is 2. The van der Waals surface area contributed by atoms with Gasteiger partial charge in [-0.1, -0.05) is 29.8 Å². The zero-order valence-electron chi connectivity index (χ0n) is 13.0. The first kappa shape index (κ1) is 16.9. The molecule has 2 aromatic heterocycles. The second kappa shape index (κ2) is 7.72. The monoisotopic (exact) mass is 356 g/mol. The molecule has 2 N–H and O–H groups in total. The van der Waals surface area contributed by atoms with Gasteiger partial charge in [-0.05, 0) is 35.9 Å². The van der Waals surface area contributed by atoms with Crippen LogP contribution in [0.15, 0.2) is 54.7 Å². The van der Waals surface area contributed by atoms with E-state index in [4.69, 9.17) is 11.6 Å². The maximum atomic E-state index is 13.2. The summed E-state index contributed by atoms with van der Waals surface area (Å²) in [6, 6.07) is 13.5. The van der Waals surface area contributed by atoms with Crippen molar-refractivity contribution in [3.8, 4) is 11.3 Å². The molecule has 0 saturated carbocycles. The number of benzene rings is 1. The van der Waals surface area contributed by atoms with Gasteiger partial charge in [-0.15, -0.1) is 0 Å². The lowest BCUT2D eigenvalue weighted by Gasteiger charge is -2.09. The van der Waals surface area contributed by atoms with Crippen molar-refractivity contribution in [2.24, 2.45) is 0 Å². The van der Waals surface area contributed by atoms with Crippen molar-refractivity contribution in [1.82, 2.24) is 9.97 Å². The molecule has 2 heterocycles. The number of rotatable bonds is 6. The van der Waals surface area contributed by atoms with Gasteiger partial charge in [0.2, 0.25) is 6.41 Å². The molecule has 0 fully saturated rings. The van der Waals surface area contributed by atoms with Crippen LogP contribution in [0.4, 0.5) is 16.0 Å². The summed E-state index contributed by atoms with van der Waals surface area (Å²) >= 11 is 6.19. The molecule has 1 aromatic carbocycles. The summed E-state index contributed by atoms with van der Waals surface area (Å²) < 4.78 is 13.2. The zero-order valence-corrected chi connectivity index (χ0v) is 13.8. The number of anilines is 2. The molecular weight excluding hydrogens is 343 g/mol. The lowest BCUT2D eigenvalue weighted by molar-refractivity contribution is -0.105. The topological polar surface area (TPSA) is 66.9 Å². The number of carbonyl (C=O) groups is 1. The standard InChI is InChI=1S/C18H14ClFN4O/c19-15-10-22-18(23-11-25)8-14(15)16-5-2-6-17(24-16)21-9-12-3-1-4-13(20)7-12/h1-8,10-11H,9H2,(H,21,24)(H,22,23,25). The molecule has 0 unspecified atom stereocenters. The normalized spacial score (nSPS) is 10.3. The van der Waals surface area contributed by atoms with Crippen molar-refractivity contribution in [3.63, 3.8) is 0 Å². The molecule has 5 nitrogen and oxygen atoms in total. The van der Waals surface area contributed by atoms with E-state index in [1.165, 1.54) is 18.3 Å². The summed E-state index contributed by atoms with van der Waals surface area (Å²) in [5, 5.41) is 6.05. The minimum atomic E-state index is -0.278. The van der Waals surface area contributed by atoms with Crippen LogP contribution < -0.4 is 10.6 Å². The molecule has 3 aromatic rings. The number of halogens is 2. The minimum Gasteiger partial charge on any atom is -0.366 e. The molecule has 3 rings (SSSR count). The molecule has 7 heteroatoms. The Bertz CT molecular complexity index is 904. The van der Waals surface area contributed by atoms with E-state index in [1.54, 1.807) is 18.2 Å². The van der Waals surface area contributed by atoms with Crippen LogP contribution in [0, 0.1) is 5.82 Å². The molecule has 0 spiro atoms. The zero-order chi connectivity index (χ0) is 17.6. The first-order valence-electron chi connectivity index (χ1n) is 7.47. The highest BCUT2D eigenvalue weighted by Gasteiger charge is 2.08.